The van der Waals surface area contributed by atoms with Crippen LogP contribution >= 0.6 is 0 Å². The first kappa shape index (κ1) is 28.1. The van der Waals surface area contributed by atoms with Crippen molar-refractivity contribution >= 4 is 23.6 Å². The summed E-state index contributed by atoms with van der Waals surface area (Å²) in [6.07, 6.45) is 8.86. The topological polar surface area (TPSA) is 128 Å². The van der Waals surface area contributed by atoms with E-state index in [2.05, 4.69) is 16.0 Å². The SMILES string of the molecule is O=C1N[C@H](CC2CCCCC2)C(=O)N[C@@H](Cc2ccccc2)C(=O)N2CCC[C@@H]2C(=O)N[C@H]1CCCCO. The van der Waals surface area contributed by atoms with Crippen molar-refractivity contribution in [2.45, 2.75) is 101 Å². The fraction of sp³-hybridized carbons (Fsp3) is 0.655. The molecule has 1 aromatic rings. The van der Waals surface area contributed by atoms with Crippen LogP contribution in [0, 0.1) is 5.92 Å². The first-order chi connectivity index (χ1) is 18.5. The van der Waals surface area contributed by atoms with E-state index in [0.29, 0.717) is 57.4 Å². The van der Waals surface area contributed by atoms with Crippen molar-refractivity contribution in [3.05, 3.63) is 35.9 Å². The van der Waals surface area contributed by atoms with E-state index in [9.17, 15) is 24.3 Å². The third-order valence-corrected chi connectivity index (χ3v) is 8.20. The Morgan fingerprint density at radius 1 is 0.763 bits per heavy atom. The minimum atomic E-state index is -0.830. The Labute approximate surface area is 225 Å². The number of unbranched alkanes of at least 4 members (excludes halogenated alkanes) is 1. The van der Waals surface area contributed by atoms with Crippen LogP contribution in [0.3, 0.4) is 0 Å². The highest BCUT2D eigenvalue weighted by molar-refractivity contribution is 5.97. The molecule has 0 aromatic heterocycles. The minimum Gasteiger partial charge on any atom is -0.396 e. The Hall–Kier alpha value is -2.94. The molecule has 0 bridgehead atoms. The lowest BCUT2D eigenvalue weighted by atomic mass is 9.84. The summed E-state index contributed by atoms with van der Waals surface area (Å²) in [6, 6.07) is 6.41. The molecular formula is C29H42N4O5. The molecule has 4 N–H and O–H groups in total. The van der Waals surface area contributed by atoms with Gasteiger partial charge in [-0.2, -0.15) is 0 Å². The van der Waals surface area contributed by atoms with E-state index >= 15 is 0 Å². The van der Waals surface area contributed by atoms with Crippen molar-refractivity contribution in [3.63, 3.8) is 0 Å². The second-order valence-electron chi connectivity index (χ2n) is 11.0. The first-order valence-electron chi connectivity index (χ1n) is 14.3. The molecule has 0 radical (unpaired) electrons. The Morgan fingerprint density at radius 2 is 1.45 bits per heavy atom. The van der Waals surface area contributed by atoms with Gasteiger partial charge in [-0.25, -0.2) is 0 Å². The molecular weight excluding hydrogens is 484 g/mol. The summed E-state index contributed by atoms with van der Waals surface area (Å²) in [7, 11) is 0. The summed E-state index contributed by atoms with van der Waals surface area (Å²) < 4.78 is 0. The smallest absolute Gasteiger partial charge is 0.246 e. The average Bonchev–Trinajstić information content (AvgIpc) is 3.42. The van der Waals surface area contributed by atoms with Gasteiger partial charge in [0.15, 0.2) is 0 Å². The van der Waals surface area contributed by atoms with Crippen LogP contribution in [-0.2, 0) is 25.6 Å². The predicted octanol–water partition coefficient (Wildman–Crippen LogP) is 1.82. The standard InChI is InChI=1S/C29H42N4O5/c34-17-8-7-14-22-26(35)31-23(18-20-10-3-1-4-11-20)27(36)32-24(19-21-12-5-2-6-13-21)29(38)33-16-9-15-25(33)28(37)30-22/h2,5-6,12-13,20,22-25,34H,1,3-4,7-11,14-19H2,(H,30,37)(H,31,35)(H,32,36)/t22-,23+,24-,25+/m0/s1. The van der Waals surface area contributed by atoms with Gasteiger partial charge in [-0.05, 0) is 50.0 Å². The molecule has 2 aliphatic heterocycles. The molecule has 2 saturated heterocycles. The molecule has 1 saturated carbocycles. The molecule has 9 nitrogen and oxygen atoms in total. The average molecular weight is 527 g/mol. The number of carbonyl (C=O) groups is 4. The summed E-state index contributed by atoms with van der Waals surface area (Å²) in [5, 5.41) is 18.0. The van der Waals surface area contributed by atoms with E-state index in [1.807, 2.05) is 30.3 Å². The minimum absolute atomic E-state index is 0.00268. The van der Waals surface area contributed by atoms with Gasteiger partial charge in [-0.1, -0.05) is 62.4 Å². The molecule has 1 aliphatic carbocycles. The molecule has 38 heavy (non-hydrogen) atoms. The number of rotatable bonds is 8. The van der Waals surface area contributed by atoms with E-state index in [1.54, 1.807) is 4.90 Å². The van der Waals surface area contributed by atoms with Gasteiger partial charge in [0.1, 0.15) is 24.2 Å². The fourth-order valence-electron chi connectivity index (χ4n) is 6.08. The maximum Gasteiger partial charge on any atom is 0.246 e. The molecule has 0 unspecified atom stereocenters. The van der Waals surface area contributed by atoms with Crippen molar-refractivity contribution in [3.8, 4) is 0 Å². The monoisotopic (exact) mass is 526 g/mol. The molecule has 0 spiro atoms. The van der Waals surface area contributed by atoms with Crippen LogP contribution in [0.4, 0.5) is 0 Å². The molecule has 4 amide bonds. The highest BCUT2D eigenvalue weighted by atomic mass is 16.3. The Morgan fingerprint density at radius 3 is 2.18 bits per heavy atom. The zero-order valence-electron chi connectivity index (χ0n) is 22.2. The number of fused-ring (bicyclic) bond motifs is 1. The number of amides is 4. The van der Waals surface area contributed by atoms with Gasteiger partial charge < -0.3 is 26.0 Å². The van der Waals surface area contributed by atoms with Gasteiger partial charge in [0, 0.05) is 19.6 Å². The molecule has 3 aliphatic rings. The van der Waals surface area contributed by atoms with Gasteiger partial charge in [0.2, 0.25) is 23.6 Å². The summed E-state index contributed by atoms with van der Waals surface area (Å²) in [5.74, 6) is -1.02. The van der Waals surface area contributed by atoms with Gasteiger partial charge in [-0.15, -0.1) is 0 Å². The maximum atomic E-state index is 13.8. The third kappa shape index (κ3) is 7.34. The van der Waals surface area contributed by atoms with E-state index in [0.717, 1.165) is 31.2 Å². The highest BCUT2D eigenvalue weighted by Gasteiger charge is 2.41. The van der Waals surface area contributed by atoms with Crippen LogP contribution in [0.1, 0.15) is 76.2 Å². The molecule has 9 heteroatoms. The lowest BCUT2D eigenvalue weighted by molar-refractivity contribution is -0.143. The van der Waals surface area contributed by atoms with Gasteiger partial charge in [0.25, 0.3) is 0 Å². The van der Waals surface area contributed by atoms with Crippen molar-refractivity contribution in [2.75, 3.05) is 13.2 Å². The Balaban J connectivity index is 1.62. The summed E-state index contributed by atoms with van der Waals surface area (Å²) >= 11 is 0. The molecule has 1 aromatic carbocycles. The Bertz CT molecular complexity index is 965. The van der Waals surface area contributed by atoms with Crippen molar-refractivity contribution in [1.29, 1.82) is 0 Å². The largest absolute Gasteiger partial charge is 0.396 e. The number of nitrogens with zero attached hydrogens (tertiary/aromatic N) is 1. The highest BCUT2D eigenvalue weighted by Crippen LogP contribution is 2.28. The third-order valence-electron chi connectivity index (χ3n) is 8.20. The maximum absolute atomic E-state index is 13.8. The second kappa shape index (κ2) is 13.7. The number of aliphatic hydroxyl groups excluding tert-OH is 1. The van der Waals surface area contributed by atoms with E-state index in [1.165, 1.54) is 6.42 Å². The van der Waals surface area contributed by atoms with E-state index in [-0.39, 0.29) is 30.2 Å². The molecule has 4 rings (SSSR count). The fourth-order valence-corrected chi connectivity index (χ4v) is 6.08. The quantitative estimate of drug-likeness (QED) is 0.384. The molecule has 3 fully saturated rings. The number of benzene rings is 1. The van der Waals surface area contributed by atoms with Crippen LogP contribution in [0.2, 0.25) is 0 Å². The number of hydrogen-bond donors (Lipinski definition) is 4. The van der Waals surface area contributed by atoms with Crippen LogP contribution in [-0.4, -0.2) is 71.0 Å². The summed E-state index contributed by atoms with van der Waals surface area (Å²) in [5.41, 5.74) is 0.912. The van der Waals surface area contributed by atoms with Crippen LogP contribution in [0.25, 0.3) is 0 Å². The van der Waals surface area contributed by atoms with Gasteiger partial charge >= 0.3 is 0 Å². The van der Waals surface area contributed by atoms with Gasteiger partial charge in [0.05, 0.1) is 0 Å². The summed E-state index contributed by atoms with van der Waals surface area (Å²) in [4.78, 5) is 55.9. The van der Waals surface area contributed by atoms with E-state index in [4.69, 9.17) is 0 Å². The van der Waals surface area contributed by atoms with Crippen molar-refractivity contribution in [2.24, 2.45) is 5.92 Å². The second-order valence-corrected chi connectivity index (χ2v) is 11.0. The predicted molar refractivity (Wildman–Crippen MR) is 143 cm³/mol. The van der Waals surface area contributed by atoms with Gasteiger partial charge in [-0.3, -0.25) is 19.2 Å². The van der Waals surface area contributed by atoms with E-state index < -0.39 is 24.2 Å². The van der Waals surface area contributed by atoms with Crippen molar-refractivity contribution in [1.82, 2.24) is 20.9 Å². The molecule has 208 valence electrons. The summed E-state index contributed by atoms with van der Waals surface area (Å²) in [6.45, 7) is 0.438. The number of hydrogen-bond acceptors (Lipinski definition) is 5. The number of nitrogens with one attached hydrogen (secondary N) is 3. The zero-order chi connectivity index (χ0) is 26.9. The lowest BCUT2D eigenvalue weighted by Gasteiger charge is -2.33. The van der Waals surface area contributed by atoms with Crippen LogP contribution < -0.4 is 16.0 Å². The first-order valence-corrected chi connectivity index (χ1v) is 14.3. The molecule has 2 heterocycles. The zero-order valence-corrected chi connectivity index (χ0v) is 22.2. The van der Waals surface area contributed by atoms with Crippen molar-refractivity contribution < 1.29 is 24.3 Å². The normalized spacial score (nSPS) is 27.6. The number of carbonyl (C=O) groups excluding carboxylic acids is 4. The van der Waals surface area contributed by atoms with Crippen LogP contribution in [0.15, 0.2) is 30.3 Å². The number of aliphatic hydroxyl groups is 1. The van der Waals surface area contributed by atoms with Crippen LogP contribution in [0.5, 0.6) is 0 Å². The molecule has 4 atom stereocenters. The lowest BCUT2D eigenvalue weighted by Crippen LogP contribution is -2.61. The Kier molecular flexibility index (Phi) is 10.1.